The number of nitro benzene ring substituents is 1. The van der Waals surface area contributed by atoms with Gasteiger partial charge in [-0.3, -0.25) is 19.7 Å². The lowest BCUT2D eigenvalue weighted by molar-refractivity contribution is -0.384. The number of benzene rings is 2. The summed E-state index contributed by atoms with van der Waals surface area (Å²) in [5.41, 5.74) is 0.845. The van der Waals surface area contributed by atoms with Crippen molar-refractivity contribution in [2.24, 2.45) is 0 Å². The fraction of sp³-hybridized carbons (Fsp3) is 0.360. The van der Waals surface area contributed by atoms with E-state index in [0.29, 0.717) is 11.1 Å². The highest BCUT2D eigenvalue weighted by molar-refractivity contribution is 8.06. The van der Waals surface area contributed by atoms with Crippen LogP contribution in [0.3, 0.4) is 0 Å². The van der Waals surface area contributed by atoms with Gasteiger partial charge >= 0.3 is 12.1 Å². The van der Waals surface area contributed by atoms with E-state index < -0.39 is 55.9 Å². The Balaban J connectivity index is 1.46. The van der Waals surface area contributed by atoms with Crippen LogP contribution in [0.5, 0.6) is 0 Å². The second-order valence-corrected chi connectivity index (χ2v) is 12.1. The van der Waals surface area contributed by atoms with E-state index in [2.05, 4.69) is 10.6 Å². The molecule has 0 aromatic heterocycles. The van der Waals surface area contributed by atoms with Crippen molar-refractivity contribution in [2.75, 3.05) is 6.26 Å². The number of amides is 3. The molecule has 0 bridgehead atoms. The number of hydrogen-bond donors (Lipinski definition) is 3. The zero-order valence-electron chi connectivity index (χ0n) is 21.2. The summed E-state index contributed by atoms with van der Waals surface area (Å²) in [5.74, 6) is -2.31. The van der Waals surface area contributed by atoms with E-state index in [0.717, 1.165) is 11.8 Å². The summed E-state index contributed by atoms with van der Waals surface area (Å²) < 4.78 is 4.38. The van der Waals surface area contributed by atoms with Crippen LogP contribution in [0.2, 0.25) is 0 Å². The highest BCUT2D eigenvalue weighted by atomic mass is 32.2. The second-order valence-electron chi connectivity index (χ2n) is 9.35. The Morgan fingerprint density at radius 1 is 1.18 bits per heavy atom. The molecule has 2 aliphatic heterocycles. The van der Waals surface area contributed by atoms with E-state index in [1.165, 1.54) is 40.9 Å². The van der Waals surface area contributed by atoms with Crippen molar-refractivity contribution >= 4 is 53.1 Å². The second kappa shape index (κ2) is 10.8. The number of aliphatic carboxylic acids is 1. The third-order valence-electron chi connectivity index (χ3n) is 6.67. The van der Waals surface area contributed by atoms with Crippen LogP contribution in [-0.4, -0.2) is 66.1 Å². The van der Waals surface area contributed by atoms with Gasteiger partial charge in [0.25, 0.3) is 11.6 Å². The van der Waals surface area contributed by atoms with Crippen LogP contribution in [0.25, 0.3) is 0 Å². The summed E-state index contributed by atoms with van der Waals surface area (Å²) in [6.45, 7) is 3.31. The highest BCUT2D eigenvalue weighted by Crippen LogP contribution is 2.60. The minimum atomic E-state index is -1.49. The van der Waals surface area contributed by atoms with Crippen molar-refractivity contribution in [3.05, 3.63) is 75.8 Å². The average Bonchev–Trinajstić information content (AvgIpc) is 3.14. The quantitative estimate of drug-likeness (QED) is 0.230. The molecule has 0 radical (unpaired) electrons. The van der Waals surface area contributed by atoms with Gasteiger partial charge in [-0.05, 0) is 43.4 Å². The first-order valence-corrected chi connectivity index (χ1v) is 13.8. The average molecular weight is 575 g/mol. The van der Waals surface area contributed by atoms with Crippen molar-refractivity contribution in [3.8, 4) is 0 Å². The van der Waals surface area contributed by atoms with Crippen LogP contribution < -0.4 is 10.6 Å². The van der Waals surface area contributed by atoms with Gasteiger partial charge in [-0.15, -0.1) is 23.5 Å². The van der Waals surface area contributed by atoms with Gasteiger partial charge in [0.2, 0.25) is 10.8 Å². The van der Waals surface area contributed by atoms with Gasteiger partial charge in [-0.25, -0.2) is 9.59 Å². The summed E-state index contributed by atoms with van der Waals surface area (Å²) in [7, 11) is 0. The SMILES string of the molecule is CS[C@@]1(C(=O)O)N2C(=O)[C@H](NC(=O)C(NC(=O)OCc3ccc([N+](=O)[O-])cc3)c3ccccc3)[C@H]2SC1(C)C. The predicted molar refractivity (Wildman–Crippen MR) is 144 cm³/mol. The third-order valence-corrected chi connectivity index (χ3v) is 9.88. The first-order valence-electron chi connectivity index (χ1n) is 11.7. The first-order chi connectivity index (χ1) is 18.4. The number of nitrogens with zero attached hydrogens (tertiary/aromatic N) is 2. The van der Waals surface area contributed by atoms with Crippen molar-refractivity contribution < 1.29 is 33.9 Å². The number of rotatable bonds is 9. The molecule has 14 heteroatoms. The number of ether oxygens (including phenoxy) is 1. The minimum Gasteiger partial charge on any atom is -0.479 e. The molecule has 0 aliphatic carbocycles. The number of nitro groups is 1. The van der Waals surface area contributed by atoms with Gasteiger partial charge in [-0.2, -0.15) is 0 Å². The smallest absolute Gasteiger partial charge is 0.408 e. The lowest BCUT2D eigenvalue weighted by atomic mass is 9.94. The number of alkyl carbamates (subject to hydrolysis) is 1. The fourth-order valence-electron chi connectivity index (χ4n) is 4.72. The monoisotopic (exact) mass is 574 g/mol. The van der Waals surface area contributed by atoms with Gasteiger partial charge in [-0.1, -0.05) is 30.3 Å². The lowest BCUT2D eigenvalue weighted by Gasteiger charge is -2.49. The summed E-state index contributed by atoms with van der Waals surface area (Å²) in [6.07, 6.45) is 0.720. The number of β-lactam (4-membered cyclic amide) rings is 1. The summed E-state index contributed by atoms with van der Waals surface area (Å²) in [5, 5.41) is 25.4. The molecule has 2 aromatic rings. The van der Waals surface area contributed by atoms with Gasteiger partial charge < -0.3 is 25.4 Å². The molecule has 2 fully saturated rings. The first kappa shape index (κ1) is 28.2. The number of fused-ring (bicyclic) bond motifs is 1. The zero-order chi connectivity index (χ0) is 28.5. The number of carboxylic acid groups (broad SMARTS) is 1. The standard InChI is InChI=1S/C25H26N4O8S2/c1-24(2)25(38-3,22(32)33)28-20(31)18(21(28)39-24)26-19(30)17(15-7-5-4-6-8-15)27-23(34)37-13-14-9-11-16(12-10-14)29(35)36/h4-12,17-18,21H,13H2,1-3H3,(H,26,30)(H,27,34)(H,32,33)/t17?,18-,21+,25+/m0/s1. The Labute approximate surface area is 232 Å². The number of hydrogen-bond acceptors (Lipinski definition) is 9. The molecule has 2 aromatic carbocycles. The number of carbonyl (C=O) groups excluding carboxylic acids is 3. The molecule has 1 unspecified atom stereocenters. The Hall–Kier alpha value is -3.78. The molecule has 12 nitrogen and oxygen atoms in total. The number of thioether (sulfide) groups is 2. The molecular weight excluding hydrogens is 548 g/mol. The van der Waals surface area contributed by atoms with E-state index in [-0.39, 0.29) is 12.3 Å². The van der Waals surface area contributed by atoms with Gasteiger partial charge in [0.15, 0.2) is 0 Å². The van der Waals surface area contributed by atoms with Crippen molar-refractivity contribution in [2.45, 2.75) is 47.5 Å². The van der Waals surface area contributed by atoms with Crippen molar-refractivity contribution in [1.29, 1.82) is 0 Å². The molecule has 3 amide bonds. The Kier molecular flexibility index (Phi) is 7.80. The maximum absolute atomic E-state index is 13.4. The molecule has 4 atom stereocenters. The normalized spacial score (nSPS) is 23.7. The molecule has 0 saturated carbocycles. The summed E-state index contributed by atoms with van der Waals surface area (Å²) in [4.78, 5) is 61.4. The Bertz CT molecular complexity index is 1310. The van der Waals surface area contributed by atoms with Crippen LogP contribution in [0, 0.1) is 10.1 Å². The molecule has 2 saturated heterocycles. The van der Waals surface area contributed by atoms with Crippen LogP contribution >= 0.6 is 23.5 Å². The molecule has 3 N–H and O–H groups in total. The lowest BCUT2D eigenvalue weighted by Crippen LogP contribution is -2.74. The van der Waals surface area contributed by atoms with E-state index in [1.54, 1.807) is 50.4 Å². The van der Waals surface area contributed by atoms with Crippen LogP contribution in [0.1, 0.15) is 31.0 Å². The van der Waals surface area contributed by atoms with Gasteiger partial charge in [0.05, 0.1) is 9.67 Å². The van der Waals surface area contributed by atoms with Crippen LogP contribution in [-0.2, 0) is 25.7 Å². The number of carbonyl (C=O) groups is 4. The van der Waals surface area contributed by atoms with E-state index >= 15 is 0 Å². The molecule has 4 rings (SSSR count). The molecule has 2 aliphatic rings. The molecular formula is C25H26N4O8S2. The molecule has 2 heterocycles. The van der Waals surface area contributed by atoms with Crippen LogP contribution in [0.4, 0.5) is 10.5 Å². The zero-order valence-corrected chi connectivity index (χ0v) is 22.8. The maximum atomic E-state index is 13.4. The van der Waals surface area contributed by atoms with E-state index in [1.807, 2.05) is 0 Å². The molecule has 39 heavy (non-hydrogen) atoms. The summed E-state index contributed by atoms with van der Waals surface area (Å²) >= 11 is 2.36. The van der Waals surface area contributed by atoms with Gasteiger partial charge in [0.1, 0.15) is 24.1 Å². The number of nitrogens with one attached hydrogen (secondary N) is 2. The van der Waals surface area contributed by atoms with Crippen molar-refractivity contribution in [3.63, 3.8) is 0 Å². The Morgan fingerprint density at radius 3 is 2.38 bits per heavy atom. The minimum absolute atomic E-state index is 0.102. The Morgan fingerprint density at radius 2 is 1.82 bits per heavy atom. The molecule has 0 spiro atoms. The third kappa shape index (κ3) is 5.01. The number of non-ortho nitro benzene ring substituents is 1. The van der Waals surface area contributed by atoms with Crippen molar-refractivity contribution in [1.82, 2.24) is 15.5 Å². The summed E-state index contributed by atoms with van der Waals surface area (Å²) in [6, 6.07) is 11.7. The number of carboxylic acids is 1. The van der Waals surface area contributed by atoms with E-state index in [4.69, 9.17) is 4.74 Å². The molecule has 206 valence electrons. The fourth-order valence-corrected chi connectivity index (χ4v) is 7.89. The predicted octanol–water partition coefficient (Wildman–Crippen LogP) is 2.88. The topological polar surface area (TPSA) is 168 Å². The van der Waals surface area contributed by atoms with Gasteiger partial charge in [0, 0.05) is 12.1 Å². The highest BCUT2D eigenvalue weighted by Gasteiger charge is 2.73. The van der Waals surface area contributed by atoms with Crippen LogP contribution in [0.15, 0.2) is 54.6 Å². The van der Waals surface area contributed by atoms with E-state index in [9.17, 15) is 34.4 Å². The largest absolute Gasteiger partial charge is 0.479 e. The maximum Gasteiger partial charge on any atom is 0.408 e.